The van der Waals surface area contributed by atoms with Crippen molar-refractivity contribution >= 4 is 33.3 Å². The van der Waals surface area contributed by atoms with E-state index < -0.39 is 0 Å². The van der Waals surface area contributed by atoms with Crippen molar-refractivity contribution in [3.05, 3.63) is 23.2 Å². The normalized spacial score (nSPS) is 15.7. The van der Waals surface area contributed by atoms with E-state index in [9.17, 15) is 4.79 Å². The quantitative estimate of drug-likeness (QED) is 0.926. The molecule has 6 heteroatoms. The number of aromatic nitrogens is 1. The number of carbonyl (C=O) groups excluding carboxylic acids is 1. The van der Waals surface area contributed by atoms with Crippen LogP contribution in [-0.2, 0) is 4.74 Å². The first kappa shape index (κ1) is 14.3. The van der Waals surface area contributed by atoms with Crippen LogP contribution in [0.25, 0.3) is 10.2 Å². The number of fused-ring (bicyclic) bond motifs is 1. The molecule has 1 fully saturated rings. The van der Waals surface area contributed by atoms with Gasteiger partial charge in [0.1, 0.15) is 0 Å². The summed E-state index contributed by atoms with van der Waals surface area (Å²) in [7, 11) is 0. The van der Waals surface area contributed by atoms with Gasteiger partial charge in [-0.15, -0.1) is 11.3 Å². The predicted octanol–water partition coefficient (Wildman–Crippen LogP) is 3.28. The zero-order valence-electron chi connectivity index (χ0n) is 12.3. The third kappa shape index (κ3) is 3.16. The van der Waals surface area contributed by atoms with Crippen LogP contribution in [0.1, 0.15) is 24.8 Å². The molecule has 0 unspecified atom stereocenters. The maximum absolute atomic E-state index is 12.2. The maximum atomic E-state index is 12.2. The van der Waals surface area contributed by atoms with Crippen LogP contribution < -0.4 is 5.32 Å². The Morgan fingerprint density at radius 1 is 1.38 bits per heavy atom. The average Bonchev–Trinajstić information content (AvgIpc) is 2.91. The van der Waals surface area contributed by atoms with Gasteiger partial charge in [0.15, 0.2) is 0 Å². The Labute approximate surface area is 127 Å². The number of ether oxygens (including phenoxy) is 1. The van der Waals surface area contributed by atoms with Crippen molar-refractivity contribution < 1.29 is 9.53 Å². The van der Waals surface area contributed by atoms with E-state index in [4.69, 9.17) is 4.74 Å². The molecule has 0 saturated carbocycles. The molecular weight excluding hydrogens is 286 g/mol. The Bertz CT molecular complexity index is 647. The predicted molar refractivity (Wildman–Crippen MR) is 85.1 cm³/mol. The second-order valence-electron chi connectivity index (χ2n) is 5.42. The second kappa shape index (κ2) is 5.99. The summed E-state index contributed by atoms with van der Waals surface area (Å²) in [6, 6.07) is 5.81. The minimum atomic E-state index is -0.0637. The summed E-state index contributed by atoms with van der Waals surface area (Å²) in [6.07, 6.45) is 0. The number of hydrogen-bond acceptors (Lipinski definition) is 4. The van der Waals surface area contributed by atoms with Gasteiger partial charge in [0, 0.05) is 24.7 Å². The lowest BCUT2D eigenvalue weighted by Gasteiger charge is -2.26. The largest absolute Gasteiger partial charge is 0.378 e. The topological polar surface area (TPSA) is 54.5 Å². The molecule has 1 aromatic heterocycles. The highest BCUT2D eigenvalue weighted by Crippen LogP contribution is 2.29. The van der Waals surface area contributed by atoms with Gasteiger partial charge in [0.05, 0.1) is 28.4 Å². The van der Waals surface area contributed by atoms with Crippen LogP contribution in [0.5, 0.6) is 0 Å². The molecule has 3 rings (SSSR count). The van der Waals surface area contributed by atoms with E-state index in [-0.39, 0.29) is 6.03 Å². The molecule has 21 heavy (non-hydrogen) atoms. The fourth-order valence-corrected chi connectivity index (χ4v) is 3.25. The summed E-state index contributed by atoms with van der Waals surface area (Å²) in [4.78, 5) is 18.5. The number of urea groups is 1. The molecule has 112 valence electrons. The fraction of sp³-hybridized carbons (Fsp3) is 0.467. The van der Waals surface area contributed by atoms with Crippen molar-refractivity contribution in [3.63, 3.8) is 0 Å². The molecule has 0 spiro atoms. The van der Waals surface area contributed by atoms with Crippen molar-refractivity contribution in [2.24, 2.45) is 0 Å². The van der Waals surface area contributed by atoms with Crippen LogP contribution in [0.2, 0.25) is 0 Å². The Hall–Kier alpha value is -1.66. The molecule has 1 saturated heterocycles. The number of rotatable bonds is 2. The van der Waals surface area contributed by atoms with Crippen LogP contribution in [0.3, 0.4) is 0 Å². The summed E-state index contributed by atoms with van der Waals surface area (Å²) < 4.78 is 6.36. The number of hydrogen-bond donors (Lipinski definition) is 1. The third-order valence-electron chi connectivity index (χ3n) is 3.45. The highest BCUT2D eigenvalue weighted by molar-refractivity contribution is 7.18. The van der Waals surface area contributed by atoms with E-state index in [2.05, 4.69) is 24.1 Å². The number of anilines is 1. The van der Waals surface area contributed by atoms with Gasteiger partial charge in [0.25, 0.3) is 0 Å². The Balaban J connectivity index is 1.75. The van der Waals surface area contributed by atoms with Crippen LogP contribution in [0, 0.1) is 0 Å². The molecule has 5 nitrogen and oxygen atoms in total. The number of carbonyl (C=O) groups is 1. The zero-order chi connectivity index (χ0) is 14.8. The first-order chi connectivity index (χ1) is 10.1. The van der Waals surface area contributed by atoms with Gasteiger partial charge in [-0.3, -0.25) is 0 Å². The van der Waals surface area contributed by atoms with Crippen molar-refractivity contribution in [3.8, 4) is 0 Å². The van der Waals surface area contributed by atoms with E-state index in [1.54, 1.807) is 16.2 Å². The molecule has 1 aromatic carbocycles. The van der Waals surface area contributed by atoms with E-state index >= 15 is 0 Å². The van der Waals surface area contributed by atoms with E-state index in [1.807, 2.05) is 18.2 Å². The highest BCUT2D eigenvalue weighted by atomic mass is 32.1. The van der Waals surface area contributed by atoms with Gasteiger partial charge in [-0.2, -0.15) is 0 Å². The van der Waals surface area contributed by atoms with Gasteiger partial charge in [-0.25, -0.2) is 9.78 Å². The van der Waals surface area contributed by atoms with Crippen LogP contribution >= 0.6 is 11.3 Å². The van der Waals surface area contributed by atoms with Crippen LogP contribution in [0.15, 0.2) is 18.2 Å². The van der Waals surface area contributed by atoms with Gasteiger partial charge >= 0.3 is 6.03 Å². The molecule has 0 bridgehead atoms. The molecule has 1 N–H and O–H groups in total. The summed E-state index contributed by atoms with van der Waals surface area (Å²) >= 11 is 1.69. The van der Waals surface area contributed by atoms with Gasteiger partial charge < -0.3 is 15.0 Å². The summed E-state index contributed by atoms with van der Waals surface area (Å²) in [5, 5.41) is 4.08. The Morgan fingerprint density at radius 3 is 2.86 bits per heavy atom. The van der Waals surface area contributed by atoms with Crippen molar-refractivity contribution in [2.75, 3.05) is 31.6 Å². The molecule has 0 atom stereocenters. The first-order valence-electron chi connectivity index (χ1n) is 7.17. The number of morpholine rings is 1. The van der Waals surface area contributed by atoms with Crippen LogP contribution in [0.4, 0.5) is 10.5 Å². The lowest BCUT2D eigenvalue weighted by Crippen LogP contribution is -2.43. The number of thiazole rings is 1. The first-order valence-corrected chi connectivity index (χ1v) is 7.99. The average molecular weight is 305 g/mol. The molecule has 2 aromatic rings. The maximum Gasteiger partial charge on any atom is 0.322 e. The third-order valence-corrected chi connectivity index (χ3v) is 4.77. The lowest BCUT2D eigenvalue weighted by atomic mass is 10.2. The number of amides is 2. The number of nitrogens with zero attached hydrogens (tertiary/aromatic N) is 2. The second-order valence-corrected chi connectivity index (χ2v) is 6.48. The minimum Gasteiger partial charge on any atom is -0.378 e. The van der Waals surface area contributed by atoms with E-state index in [0.717, 1.165) is 20.9 Å². The molecular formula is C15H19N3O2S. The Morgan fingerprint density at radius 2 is 2.14 bits per heavy atom. The zero-order valence-corrected chi connectivity index (χ0v) is 13.1. The summed E-state index contributed by atoms with van der Waals surface area (Å²) in [5.41, 5.74) is 1.81. The minimum absolute atomic E-state index is 0.0637. The van der Waals surface area contributed by atoms with Gasteiger partial charge in [-0.1, -0.05) is 13.8 Å². The molecule has 1 aliphatic heterocycles. The molecule has 2 amide bonds. The van der Waals surface area contributed by atoms with Gasteiger partial charge in [-0.05, 0) is 18.2 Å². The lowest BCUT2D eigenvalue weighted by molar-refractivity contribution is 0.0564. The molecule has 0 radical (unpaired) electrons. The smallest absolute Gasteiger partial charge is 0.322 e. The molecule has 2 heterocycles. The van der Waals surface area contributed by atoms with E-state index in [1.165, 1.54) is 0 Å². The number of benzene rings is 1. The fourth-order valence-electron chi connectivity index (χ4n) is 2.24. The van der Waals surface area contributed by atoms with Crippen molar-refractivity contribution in [1.29, 1.82) is 0 Å². The van der Waals surface area contributed by atoms with Crippen molar-refractivity contribution in [1.82, 2.24) is 9.88 Å². The van der Waals surface area contributed by atoms with Gasteiger partial charge in [0.2, 0.25) is 0 Å². The standard InChI is InChI=1S/C15H19N3O2S/c1-10(2)14-17-12-4-3-11(9-13(12)21-14)16-15(19)18-5-7-20-8-6-18/h3-4,9-10H,5-8H2,1-2H3,(H,16,19). The molecule has 0 aliphatic carbocycles. The highest BCUT2D eigenvalue weighted by Gasteiger charge is 2.17. The van der Waals surface area contributed by atoms with E-state index in [0.29, 0.717) is 32.2 Å². The summed E-state index contributed by atoms with van der Waals surface area (Å²) in [5.74, 6) is 0.425. The van der Waals surface area contributed by atoms with Crippen molar-refractivity contribution in [2.45, 2.75) is 19.8 Å². The number of nitrogens with one attached hydrogen (secondary N) is 1. The molecule has 1 aliphatic rings. The van der Waals surface area contributed by atoms with Crippen LogP contribution in [-0.4, -0.2) is 42.2 Å². The monoisotopic (exact) mass is 305 g/mol. The Kier molecular flexibility index (Phi) is 4.07. The SMILES string of the molecule is CC(C)c1nc2ccc(NC(=O)N3CCOCC3)cc2s1. The summed E-state index contributed by atoms with van der Waals surface area (Å²) in [6.45, 7) is 6.79.